The second-order valence-electron chi connectivity index (χ2n) is 14.6. The predicted molar refractivity (Wildman–Crippen MR) is 210 cm³/mol. The molecule has 1 fully saturated rings. The molecule has 54 heavy (non-hydrogen) atoms. The van der Waals surface area contributed by atoms with E-state index in [1.807, 2.05) is 0 Å². The van der Waals surface area contributed by atoms with Crippen LogP contribution < -0.4 is 0 Å². The molecule has 13 heteroatoms. The van der Waals surface area contributed by atoms with Gasteiger partial charge in [0.1, 0.15) is 36.8 Å². The lowest BCUT2D eigenvalue weighted by atomic mass is 10.00. The van der Waals surface area contributed by atoms with Crippen LogP contribution in [0.3, 0.4) is 0 Å². The molecule has 0 amide bonds. The lowest BCUT2D eigenvalue weighted by Crippen LogP contribution is -2.60. The molecule has 1 heterocycles. The fourth-order valence-corrected chi connectivity index (χ4v) is 6.87. The van der Waals surface area contributed by atoms with Gasteiger partial charge in [-0.05, 0) is 57.8 Å². The van der Waals surface area contributed by atoms with Crippen LogP contribution in [0.2, 0.25) is 0 Å². The third-order valence-electron chi connectivity index (χ3n) is 9.50. The van der Waals surface area contributed by atoms with Crippen molar-refractivity contribution in [2.24, 2.45) is 0 Å². The van der Waals surface area contributed by atoms with Gasteiger partial charge in [-0.1, -0.05) is 122 Å². The predicted octanol–water partition coefficient (Wildman–Crippen LogP) is 7.67. The molecule has 1 saturated heterocycles. The van der Waals surface area contributed by atoms with Gasteiger partial charge in [0.05, 0.1) is 6.61 Å². The Hall–Kier alpha value is -1.87. The van der Waals surface area contributed by atoms with Crippen LogP contribution in [0.4, 0.5) is 0 Å². The molecule has 0 spiro atoms. The van der Waals surface area contributed by atoms with Crippen LogP contribution in [0.15, 0.2) is 24.3 Å². The maximum atomic E-state index is 12.8. The van der Waals surface area contributed by atoms with Crippen LogP contribution in [0.5, 0.6) is 0 Å². The van der Waals surface area contributed by atoms with Crippen molar-refractivity contribution >= 4 is 22.1 Å². The third-order valence-corrected chi connectivity index (χ3v) is 10.3. The maximum Gasteiger partial charge on any atom is 0.306 e. The van der Waals surface area contributed by atoms with Gasteiger partial charge in [0.2, 0.25) is 0 Å². The summed E-state index contributed by atoms with van der Waals surface area (Å²) in [5.41, 5.74) is 0. The first kappa shape index (κ1) is 50.1. The average molecular weight is 791 g/mol. The molecule has 1 aliphatic rings. The van der Waals surface area contributed by atoms with E-state index >= 15 is 0 Å². The van der Waals surface area contributed by atoms with Crippen molar-refractivity contribution in [3.63, 3.8) is 0 Å². The van der Waals surface area contributed by atoms with E-state index in [4.69, 9.17) is 18.9 Å². The molecule has 6 unspecified atom stereocenters. The second kappa shape index (κ2) is 32.2. The van der Waals surface area contributed by atoms with E-state index in [0.29, 0.717) is 12.8 Å². The monoisotopic (exact) mass is 790 g/mol. The minimum absolute atomic E-state index is 0.154. The van der Waals surface area contributed by atoms with Crippen LogP contribution in [-0.4, -0.2) is 96.0 Å². The standard InChI is InChI=1S/C41H74O12S/c1-3-5-7-9-11-13-15-16-17-18-20-22-24-26-28-30-37(43)52-34(31-50-36(42)29-27-25-23-21-19-14-12-10-8-6-4-2)32-51-41-40(46)39(45)38(44)35(53-41)33-54(47,48)49/h10,12,16-17,34-35,38-41,44-46H,3-9,11,13-15,18-33H2,1-2H3,(H,47,48,49)/b12-10-,17-16-. The Morgan fingerprint density at radius 1 is 0.611 bits per heavy atom. The number of carbonyl (C=O) groups is 2. The van der Waals surface area contributed by atoms with Crippen molar-refractivity contribution in [2.45, 2.75) is 205 Å². The number of hydrogen-bond acceptors (Lipinski definition) is 11. The van der Waals surface area contributed by atoms with E-state index in [9.17, 15) is 37.9 Å². The minimum Gasteiger partial charge on any atom is -0.462 e. The molecular weight excluding hydrogens is 717 g/mol. The molecular formula is C41H74O12S. The van der Waals surface area contributed by atoms with E-state index in [1.54, 1.807) is 0 Å². The molecule has 0 aromatic carbocycles. The number of unbranched alkanes of at least 4 members (excludes halogenated alkanes) is 18. The Kier molecular flexibility index (Phi) is 29.9. The summed E-state index contributed by atoms with van der Waals surface area (Å²) in [4.78, 5) is 25.3. The van der Waals surface area contributed by atoms with Gasteiger partial charge in [0.15, 0.2) is 12.4 Å². The molecule has 0 aromatic heterocycles. The summed E-state index contributed by atoms with van der Waals surface area (Å²) in [5.74, 6) is -2.00. The number of aliphatic hydroxyl groups excluding tert-OH is 3. The lowest BCUT2D eigenvalue weighted by Gasteiger charge is -2.40. The van der Waals surface area contributed by atoms with E-state index in [-0.39, 0.29) is 19.4 Å². The van der Waals surface area contributed by atoms with E-state index in [0.717, 1.165) is 77.0 Å². The first-order valence-electron chi connectivity index (χ1n) is 20.9. The highest BCUT2D eigenvalue weighted by Gasteiger charge is 2.46. The number of esters is 2. The molecule has 0 aromatic rings. The van der Waals surface area contributed by atoms with Crippen molar-refractivity contribution in [3.8, 4) is 0 Å². The molecule has 12 nitrogen and oxygen atoms in total. The van der Waals surface area contributed by atoms with Crippen molar-refractivity contribution in [1.29, 1.82) is 0 Å². The van der Waals surface area contributed by atoms with Crippen molar-refractivity contribution < 1.29 is 56.8 Å². The summed E-state index contributed by atoms with van der Waals surface area (Å²) < 4.78 is 53.9. The normalized spacial score (nSPS) is 21.2. The number of aliphatic hydroxyl groups is 3. The van der Waals surface area contributed by atoms with Crippen LogP contribution in [0.25, 0.3) is 0 Å². The van der Waals surface area contributed by atoms with Crippen molar-refractivity contribution in [3.05, 3.63) is 24.3 Å². The Labute approximate surface area is 326 Å². The fourth-order valence-electron chi connectivity index (χ4n) is 6.18. The summed E-state index contributed by atoms with van der Waals surface area (Å²) in [5, 5.41) is 30.8. The molecule has 1 aliphatic heterocycles. The largest absolute Gasteiger partial charge is 0.462 e. The SMILES string of the molecule is CCCC/C=C\CCCCCCCC(=O)OCC(COC1OC(CS(=O)(=O)O)C(O)C(O)C1O)OC(=O)CCCCCCC/C=C\CCCCCCCC. The number of allylic oxidation sites excluding steroid dienone is 4. The fraction of sp³-hybridized carbons (Fsp3) is 0.854. The van der Waals surface area contributed by atoms with Gasteiger partial charge >= 0.3 is 11.9 Å². The topological polar surface area (TPSA) is 186 Å². The van der Waals surface area contributed by atoms with Crippen LogP contribution >= 0.6 is 0 Å². The zero-order chi connectivity index (χ0) is 39.9. The summed E-state index contributed by atoms with van der Waals surface area (Å²) in [6.45, 7) is 3.68. The average Bonchev–Trinajstić information content (AvgIpc) is 3.13. The minimum atomic E-state index is -4.60. The van der Waals surface area contributed by atoms with E-state index in [1.165, 1.54) is 51.4 Å². The molecule has 316 valence electrons. The molecule has 0 radical (unpaired) electrons. The highest BCUT2D eigenvalue weighted by atomic mass is 32.2. The number of carbonyl (C=O) groups excluding carboxylic acids is 2. The van der Waals surface area contributed by atoms with E-state index in [2.05, 4.69) is 38.2 Å². The summed E-state index contributed by atoms with van der Waals surface area (Å²) in [6, 6.07) is 0. The van der Waals surface area contributed by atoms with Gasteiger partial charge < -0.3 is 34.3 Å². The molecule has 0 aliphatic carbocycles. The maximum absolute atomic E-state index is 12.8. The van der Waals surface area contributed by atoms with Crippen molar-refractivity contribution in [2.75, 3.05) is 19.0 Å². The summed E-state index contributed by atoms with van der Waals surface area (Å²) in [7, 11) is -4.60. The van der Waals surface area contributed by atoms with Crippen LogP contribution in [-0.2, 0) is 38.7 Å². The smallest absolute Gasteiger partial charge is 0.306 e. The van der Waals surface area contributed by atoms with E-state index < -0.39 is 71.2 Å². The quantitative estimate of drug-likeness (QED) is 0.0216. The third kappa shape index (κ3) is 26.9. The van der Waals surface area contributed by atoms with Gasteiger partial charge in [-0.3, -0.25) is 14.1 Å². The highest BCUT2D eigenvalue weighted by Crippen LogP contribution is 2.24. The Morgan fingerprint density at radius 3 is 1.59 bits per heavy atom. The van der Waals surface area contributed by atoms with Gasteiger partial charge in [0, 0.05) is 12.8 Å². The summed E-state index contributed by atoms with van der Waals surface area (Å²) >= 11 is 0. The molecule has 1 rings (SSSR count). The zero-order valence-corrected chi connectivity index (χ0v) is 34.1. The van der Waals surface area contributed by atoms with Gasteiger partial charge in [-0.15, -0.1) is 0 Å². The van der Waals surface area contributed by atoms with Crippen LogP contribution in [0, 0.1) is 0 Å². The zero-order valence-electron chi connectivity index (χ0n) is 33.3. The molecule has 0 bridgehead atoms. The van der Waals surface area contributed by atoms with Crippen LogP contribution in [0.1, 0.15) is 168 Å². The Balaban J connectivity index is 2.50. The molecule has 4 N–H and O–H groups in total. The number of rotatable bonds is 34. The second-order valence-corrected chi connectivity index (χ2v) is 16.1. The Bertz CT molecular complexity index is 1110. The van der Waals surface area contributed by atoms with Gasteiger partial charge in [-0.25, -0.2) is 0 Å². The number of hydrogen-bond donors (Lipinski definition) is 4. The first-order valence-corrected chi connectivity index (χ1v) is 22.5. The highest BCUT2D eigenvalue weighted by molar-refractivity contribution is 7.85. The molecule has 0 saturated carbocycles. The van der Waals surface area contributed by atoms with Gasteiger partial charge in [-0.2, -0.15) is 8.42 Å². The van der Waals surface area contributed by atoms with Gasteiger partial charge in [0.25, 0.3) is 10.1 Å². The summed E-state index contributed by atoms with van der Waals surface area (Å²) in [6.07, 6.45) is 23.8. The lowest BCUT2D eigenvalue weighted by molar-refractivity contribution is -0.297. The number of ether oxygens (including phenoxy) is 4. The van der Waals surface area contributed by atoms with Crippen molar-refractivity contribution in [1.82, 2.24) is 0 Å². The Morgan fingerprint density at radius 2 is 1.07 bits per heavy atom. The molecule has 6 atom stereocenters. The first-order chi connectivity index (χ1) is 26.0.